The molecule has 1 saturated heterocycles. The van der Waals surface area contributed by atoms with Gasteiger partial charge in [-0.2, -0.15) is 0 Å². The number of aromatic nitrogens is 3. The fourth-order valence-electron chi connectivity index (χ4n) is 6.86. The van der Waals surface area contributed by atoms with Crippen molar-refractivity contribution in [2.45, 2.75) is 56.9 Å². The number of hydrogen-bond donors (Lipinski definition) is 3. The van der Waals surface area contributed by atoms with Gasteiger partial charge < -0.3 is 44.5 Å². The molecule has 0 spiro atoms. The Balaban J connectivity index is 1.25. The number of piperidine rings is 1. The molecule has 14 nitrogen and oxygen atoms in total. The highest BCUT2D eigenvalue weighted by atomic mass is 35.5. The molecule has 1 aliphatic heterocycles. The summed E-state index contributed by atoms with van der Waals surface area (Å²) in [4.78, 5) is 54.0. The third-order valence-corrected chi connectivity index (χ3v) is 10.5. The van der Waals surface area contributed by atoms with Crippen molar-refractivity contribution in [1.29, 1.82) is 0 Å². The largest absolute Gasteiger partial charge is 0.465 e. The Morgan fingerprint density at radius 1 is 1.02 bits per heavy atom. The Morgan fingerprint density at radius 3 is 2.41 bits per heavy atom. The molecule has 0 aliphatic carbocycles. The molecule has 4 aromatic rings. The van der Waals surface area contributed by atoms with Crippen LogP contribution in [0.1, 0.15) is 36.7 Å². The molecule has 2 aromatic heterocycles. The standard InChI is InChI=1S/C40H50Cl2N8O6/c1-26(43-20-28-10-13-30(42)18-35(28)56-31-14-15-32(44-21-31)34-22-45-36(48(34)4)23-47(2)3)37(51)46-33(24-55-6)38(52)49(5)40(16-7-17-50(25-40)39(53)54)19-27-8-11-29(41)12-9-27/h8-15,18,21-22,26,33,43H,7,16-17,19-20,23-25H2,1-6H3,(H,46,51)(H,53,54). The number of carbonyl (C=O) groups is 3. The van der Waals surface area contributed by atoms with E-state index in [2.05, 4.69) is 25.5 Å². The zero-order valence-corrected chi connectivity index (χ0v) is 34.1. The van der Waals surface area contributed by atoms with Crippen molar-refractivity contribution in [1.82, 2.24) is 39.9 Å². The summed E-state index contributed by atoms with van der Waals surface area (Å²) in [5.41, 5.74) is 2.41. The van der Waals surface area contributed by atoms with Crippen molar-refractivity contribution in [2.24, 2.45) is 7.05 Å². The third-order valence-electron chi connectivity index (χ3n) is 10.1. The predicted molar refractivity (Wildman–Crippen MR) is 215 cm³/mol. The molecule has 300 valence electrons. The maximum Gasteiger partial charge on any atom is 0.407 e. The molecular formula is C40H50Cl2N8O6. The number of likely N-dealkylation sites (tertiary alicyclic amines) is 1. The van der Waals surface area contributed by atoms with E-state index in [1.165, 1.54) is 12.0 Å². The van der Waals surface area contributed by atoms with Crippen LogP contribution >= 0.6 is 23.2 Å². The van der Waals surface area contributed by atoms with Gasteiger partial charge in [-0.15, -0.1) is 0 Å². The molecule has 0 bridgehead atoms. The number of halogens is 2. The molecule has 3 N–H and O–H groups in total. The first-order valence-electron chi connectivity index (χ1n) is 18.3. The van der Waals surface area contributed by atoms with Crippen LogP contribution in [0.4, 0.5) is 4.79 Å². The van der Waals surface area contributed by atoms with E-state index in [0.717, 1.165) is 28.3 Å². The number of imidazole rings is 1. The molecule has 0 saturated carbocycles. The second-order valence-electron chi connectivity index (χ2n) is 14.4. The highest BCUT2D eigenvalue weighted by Gasteiger charge is 2.44. The summed E-state index contributed by atoms with van der Waals surface area (Å²) in [5, 5.41) is 17.0. The number of likely N-dealkylation sites (N-methyl/N-ethyl adjacent to an activating group) is 1. The van der Waals surface area contributed by atoms with Crippen molar-refractivity contribution >= 4 is 41.1 Å². The van der Waals surface area contributed by atoms with Gasteiger partial charge in [-0.05, 0) is 82.2 Å². The van der Waals surface area contributed by atoms with Crippen LogP contribution in [0.15, 0.2) is 67.0 Å². The van der Waals surface area contributed by atoms with E-state index in [0.29, 0.717) is 53.9 Å². The Bertz CT molecular complexity index is 1980. The summed E-state index contributed by atoms with van der Waals surface area (Å²) in [5.74, 6) is 1.10. The lowest BCUT2D eigenvalue weighted by Gasteiger charge is -2.48. The summed E-state index contributed by atoms with van der Waals surface area (Å²) in [7, 11) is 9.06. The monoisotopic (exact) mass is 808 g/mol. The summed E-state index contributed by atoms with van der Waals surface area (Å²) in [6, 6.07) is 14.5. The highest BCUT2D eigenvalue weighted by molar-refractivity contribution is 6.31. The molecule has 0 radical (unpaired) electrons. The Hall–Kier alpha value is -4.73. The van der Waals surface area contributed by atoms with E-state index in [1.807, 2.05) is 56.0 Å². The number of carboxylic acid groups (broad SMARTS) is 1. The van der Waals surface area contributed by atoms with Crippen LogP contribution in [0, 0.1) is 0 Å². The van der Waals surface area contributed by atoms with Crippen LogP contribution in [-0.4, -0.2) is 118 Å². The Labute approximate surface area is 337 Å². The van der Waals surface area contributed by atoms with Crippen molar-refractivity contribution in [3.8, 4) is 22.9 Å². The van der Waals surface area contributed by atoms with Crippen LogP contribution in [0.5, 0.6) is 11.5 Å². The van der Waals surface area contributed by atoms with Gasteiger partial charge in [0.25, 0.3) is 0 Å². The molecule has 1 aliphatic rings. The smallest absolute Gasteiger partial charge is 0.407 e. The van der Waals surface area contributed by atoms with Crippen LogP contribution in [0.3, 0.4) is 0 Å². The van der Waals surface area contributed by atoms with Gasteiger partial charge in [-0.1, -0.05) is 41.4 Å². The Kier molecular flexibility index (Phi) is 14.3. The summed E-state index contributed by atoms with van der Waals surface area (Å²) < 4.78 is 13.6. The van der Waals surface area contributed by atoms with Crippen LogP contribution < -0.4 is 15.4 Å². The quantitative estimate of drug-likeness (QED) is 0.133. The number of nitrogens with one attached hydrogen (secondary N) is 2. The molecule has 56 heavy (non-hydrogen) atoms. The first-order valence-corrected chi connectivity index (χ1v) is 19.1. The van der Waals surface area contributed by atoms with E-state index in [1.54, 1.807) is 55.5 Å². The van der Waals surface area contributed by atoms with E-state index in [-0.39, 0.29) is 25.6 Å². The van der Waals surface area contributed by atoms with E-state index in [4.69, 9.17) is 32.7 Å². The zero-order valence-electron chi connectivity index (χ0n) is 32.6. The van der Waals surface area contributed by atoms with E-state index >= 15 is 0 Å². The topological polar surface area (TPSA) is 154 Å². The fraction of sp³-hybridized carbons (Fsp3) is 0.425. The van der Waals surface area contributed by atoms with Gasteiger partial charge in [0.15, 0.2) is 0 Å². The zero-order chi connectivity index (χ0) is 40.6. The van der Waals surface area contributed by atoms with E-state index < -0.39 is 29.6 Å². The van der Waals surface area contributed by atoms with Gasteiger partial charge in [0.05, 0.1) is 48.5 Å². The Morgan fingerprint density at radius 2 is 1.75 bits per heavy atom. The molecule has 3 amide bonds. The number of hydrogen-bond acceptors (Lipinski definition) is 9. The van der Waals surface area contributed by atoms with Crippen molar-refractivity contribution in [3.63, 3.8) is 0 Å². The van der Waals surface area contributed by atoms with Gasteiger partial charge in [0.2, 0.25) is 11.8 Å². The predicted octanol–water partition coefficient (Wildman–Crippen LogP) is 5.47. The summed E-state index contributed by atoms with van der Waals surface area (Å²) in [6.07, 6.45) is 3.93. The van der Waals surface area contributed by atoms with Gasteiger partial charge in [0.1, 0.15) is 23.4 Å². The number of nitrogens with zero attached hydrogens (tertiary/aromatic N) is 6. The first kappa shape index (κ1) is 42.4. The minimum Gasteiger partial charge on any atom is -0.465 e. The fourth-order valence-corrected chi connectivity index (χ4v) is 7.15. The van der Waals surface area contributed by atoms with Crippen LogP contribution in [-0.2, 0) is 40.9 Å². The van der Waals surface area contributed by atoms with Gasteiger partial charge in [0, 0.05) is 56.4 Å². The number of benzene rings is 2. The van der Waals surface area contributed by atoms with Gasteiger partial charge in [-0.25, -0.2) is 9.78 Å². The molecule has 1 fully saturated rings. The average Bonchev–Trinajstić information content (AvgIpc) is 3.53. The van der Waals surface area contributed by atoms with E-state index in [9.17, 15) is 19.5 Å². The lowest BCUT2D eigenvalue weighted by molar-refractivity contribution is -0.144. The van der Waals surface area contributed by atoms with Crippen molar-refractivity contribution in [2.75, 3.05) is 47.9 Å². The lowest BCUT2D eigenvalue weighted by atomic mass is 9.81. The number of ether oxygens (including phenoxy) is 2. The molecule has 3 atom stereocenters. The SMILES string of the molecule is COCC(NC(=O)C(C)NCc1ccc(Cl)cc1Oc1ccc(-c2cnc(CN(C)C)n2C)nc1)C(=O)N(C)C1(Cc2ccc(Cl)cc2)CCCN(C(=O)O)C1. The van der Waals surface area contributed by atoms with Gasteiger partial charge in [-0.3, -0.25) is 14.6 Å². The number of pyridine rings is 1. The number of carbonyl (C=O) groups excluding carboxylic acids is 2. The molecule has 3 unspecified atom stereocenters. The maximum absolute atomic E-state index is 14.2. The maximum atomic E-state index is 14.2. The number of amides is 3. The van der Waals surface area contributed by atoms with Crippen LogP contribution in [0.25, 0.3) is 11.4 Å². The highest BCUT2D eigenvalue weighted by Crippen LogP contribution is 2.33. The van der Waals surface area contributed by atoms with Crippen LogP contribution in [0.2, 0.25) is 10.0 Å². The van der Waals surface area contributed by atoms with Crippen molar-refractivity contribution in [3.05, 3.63) is 94.0 Å². The minimum absolute atomic E-state index is 0.0822. The molecule has 16 heteroatoms. The summed E-state index contributed by atoms with van der Waals surface area (Å²) in [6.45, 7) is 3.05. The van der Waals surface area contributed by atoms with Crippen molar-refractivity contribution < 1.29 is 29.0 Å². The molecule has 3 heterocycles. The minimum atomic E-state index is -1.05. The average molecular weight is 810 g/mol. The normalized spacial score (nSPS) is 16.7. The van der Waals surface area contributed by atoms with Gasteiger partial charge >= 0.3 is 6.09 Å². The second-order valence-corrected chi connectivity index (χ2v) is 15.3. The molecule has 5 rings (SSSR count). The number of rotatable bonds is 16. The first-order chi connectivity index (χ1) is 26.7. The molecular weight excluding hydrogens is 759 g/mol. The summed E-state index contributed by atoms with van der Waals surface area (Å²) >= 11 is 12.5. The molecule has 2 aromatic carbocycles. The lowest BCUT2D eigenvalue weighted by Crippen LogP contribution is -2.64. The third kappa shape index (κ3) is 10.6. The number of methoxy groups -OCH3 is 1. The second kappa shape index (κ2) is 18.9.